The van der Waals surface area contributed by atoms with Crippen LogP contribution in [0.3, 0.4) is 0 Å². The Bertz CT molecular complexity index is 135. The Morgan fingerprint density at radius 2 is 1.73 bits per heavy atom. The van der Waals surface area contributed by atoms with E-state index in [9.17, 15) is 0 Å². The molecule has 0 rings (SSSR count). The number of hydrogen-bond donors (Lipinski definition) is 1. The molecule has 92 valence electrons. The summed E-state index contributed by atoms with van der Waals surface area (Å²) < 4.78 is 0. The molecule has 0 radical (unpaired) electrons. The molecule has 0 aromatic heterocycles. The SMILES string of the molecule is CCCC(C)NCCCCCC(C)(C)C. The van der Waals surface area contributed by atoms with Crippen molar-refractivity contribution in [2.45, 2.75) is 79.2 Å². The highest BCUT2D eigenvalue weighted by atomic mass is 14.9. The molecule has 0 saturated carbocycles. The van der Waals surface area contributed by atoms with Gasteiger partial charge in [-0.25, -0.2) is 0 Å². The Morgan fingerprint density at radius 1 is 1.07 bits per heavy atom. The summed E-state index contributed by atoms with van der Waals surface area (Å²) in [6, 6.07) is 0.706. The van der Waals surface area contributed by atoms with Gasteiger partial charge in [-0.3, -0.25) is 0 Å². The Kier molecular flexibility index (Phi) is 8.13. The second-order valence-electron chi connectivity index (χ2n) is 6.02. The third-order valence-corrected chi connectivity index (χ3v) is 2.82. The normalized spacial score (nSPS) is 14.2. The molecular weight excluding hydrogens is 182 g/mol. The van der Waals surface area contributed by atoms with Crippen molar-refractivity contribution in [2.75, 3.05) is 6.54 Å². The van der Waals surface area contributed by atoms with Crippen LogP contribution in [0, 0.1) is 5.41 Å². The van der Waals surface area contributed by atoms with Crippen molar-refractivity contribution in [3.05, 3.63) is 0 Å². The van der Waals surface area contributed by atoms with Gasteiger partial charge in [0.1, 0.15) is 0 Å². The topological polar surface area (TPSA) is 12.0 Å². The van der Waals surface area contributed by atoms with Crippen molar-refractivity contribution < 1.29 is 0 Å². The first-order valence-electron chi connectivity index (χ1n) is 6.69. The van der Waals surface area contributed by atoms with E-state index in [-0.39, 0.29) is 0 Å². The summed E-state index contributed by atoms with van der Waals surface area (Å²) in [6.07, 6.45) is 8.05. The molecule has 0 amide bonds. The first kappa shape index (κ1) is 15.0. The zero-order chi connectivity index (χ0) is 11.7. The lowest BCUT2D eigenvalue weighted by atomic mass is 9.89. The van der Waals surface area contributed by atoms with E-state index in [0.29, 0.717) is 11.5 Å². The Hall–Kier alpha value is -0.0400. The van der Waals surface area contributed by atoms with Crippen molar-refractivity contribution >= 4 is 0 Å². The van der Waals surface area contributed by atoms with Gasteiger partial charge in [0.25, 0.3) is 0 Å². The van der Waals surface area contributed by atoms with Gasteiger partial charge in [-0.2, -0.15) is 0 Å². The Morgan fingerprint density at radius 3 is 2.27 bits per heavy atom. The molecule has 0 bridgehead atoms. The van der Waals surface area contributed by atoms with Crippen LogP contribution in [-0.4, -0.2) is 12.6 Å². The van der Waals surface area contributed by atoms with Gasteiger partial charge >= 0.3 is 0 Å². The van der Waals surface area contributed by atoms with E-state index in [1.54, 1.807) is 0 Å². The number of hydrogen-bond acceptors (Lipinski definition) is 1. The molecule has 15 heavy (non-hydrogen) atoms. The predicted octanol–water partition coefficient (Wildman–Crippen LogP) is 4.37. The molecule has 0 fully saturated rings. The van der Waals surface area contributed by atoms with Gasteiger partial charge in [-0.1, -0.05) is 47.0 Å². The zero-order valence-corrected chi connectivity index (χ0v) is 11.5. The molecule has 1 heteroatoms. The minimum atomic E-state index is 0.517. The van der Waals surface area contributed by atoms with E-state index in [0.717, 1.165) is 0 Å². The van der Waals surface area contributed by atoms with Crippen LogP contribution in [0.4, 0.5) is 0 Å². The monoisotopic (exact) mass is 213 g/mol. The van der Waals surface area contributed by atoms with Crippen LogP contribution in [-0.2, 0) is 0 Å². The molecule has 0 aromatic carbocycles. The van der Waals surface area contributed by atoms with Crippen LogP contribution in [0.1, 0.15) is 73.1 Å². The molecule has 0 aliphatic carbocycles. The van der Waals surface area contributed by atoms with Crippen LogP contribution >= 0.6 is 0 Å². The maximum absolute atomic E-state index is 3.58. The largest absolute Gasteiger partial charge is 0.314 e. The van der Waals surface area contributed by atoms with Crippen LogP contribution in [0.2, 0.25) is 0 Å². The zero-order valence-electron chi connectivity index (χ0n) is 11.5. The van der Waals surface area contributed by atoms with E-state index >= 15 is 0 Å². The summed E-state index contributed by atoms with van der Waals surface area (Å²) in [5.41, 5.74) is 0.517. The van der Waals surface area contributed by atoms with Crippen LogP contribution in [0.15, 0.2) is 0 Å². The average molecular weight is 213 g/mol. The summed E-state index contributed by atoms with van der Waals surface area (Å²) in [6.45, 7) is 12.7. The average Bonchev–Trinajstić information content (AvgIpc) is 2.09. The second-order valence-corrected chi connectivity index (χ2v) is 6.02. The van der Waals surface area contributed by atoms with Crippen molar-refractivity contribution in [1.82, 2.24) is 5.32 Å². The third-order valence-electron chi connectivity index (χ3n) is 2.82. The lowest BCUT2D eigenvalue weighted by molar-refractivity contribution is 0.356. The smallest absolute Gasteiger partial charge is 0.00386 e. The highest BCUT2D eigenvalue weighted by Crippen LogP contribution is 2.21. The van der Waals surface area contributed by atoms with Gasteiger partial charge in [0, 0.05) is 6.04 Å². The van der Waals surface area contributed by atoms with Gasteiger partial charge < -0.3 is 5.32 Å². The number of unbranched alkanes of at least 4 members (excludes halogenated alkanes) is 2. The van der Waals surface area contributed by atoms with Gasteiger partial charge in [0.2, 0.25) is 0 Å². The van der Waals surface area contributed by atoms with Gasteiger partial charge in [-0.05, 0) is 38.1 Å². The van der Waals surface area contributed by atoms with Gasteiger partial charge in [0.05, 0.1) is 0 Å². The summed E-state index contributed by atoms with van der Waals surface area (Å²) in [4.78, 5) is 0. The standard InChI is InChI=1S/C14H31N/c1-6-10-13(2)15-12-9-7-8-11-14(3,4)5/h13,15H,6-12H2,1-5H3. The Balaban J connectivity index is 3.18. The molecule has 1 nitrogen and oxygen atoms in total. The maximum Gasteiger partial charge on any atom is 0.00386 e. The van der Waals surface area contributed by atoms with E-state index in [2.05, 4.69) is 39.9 Å². The van der Waals surface area contributed by atoms with Gasteiger partial charge in [-0.15, -0.1) is 0 Å². The fourth-order valence-electron chi connectivity index (χ4n) is 1.84. The quantitative estimate of drug-likeness (QED) is 0.590. The van der Waals surface area contributed by atoms with Crippen LogP contribution in [0.5, 0.6) is 0 Å². The van der Waals surface area contributed by atoms with Crippen LogP contribution in [0.25, 0.3) is 0 Å². The summed E-state index contributed by atoms with van der Waals surface area (Å²) in [5, 5.41) is 3.58. The lowest BCUT2D eigenvalue weighted by Crippen LogP contribution is -2.26. The van der Waals surface area contributed by atoms with Crippen LogP contribution < -0.4 is 5.32 Å². The summed E-state index contributed by atoms with van der Waals surface area (Å²) >= 11 is 0. The fourth-order valence-corrected chi connectivity index (χ4v) is 1.84. The molecule has 0 saturated heterocycles. The highest BCUT2D eigenvalue weighted by molar-refractivity contribution is 4.62. The summed E-state index contributed by atoms with van der Waals surface area (Å²) in [7, 11) is 0. The summed E-state index contributed by atoms with van der Waals surface area (Å²) in [5.74, 6) is 0. The molecular formula is C14H31N. The minimum Gasteiger partial charge on any atom is -0.314 e. The van der Waals surface area contributed by atoms with E-state index in [4.69, 9.17) is 0 Å². The molecule has 1 atom stereocenters. The first-order chi connectivity index (χ1) is 6.95. The molecule has 1 N–H and O–H groups in total. The molecule has 0 aliphatic rings. The molecule has 0 heterocycles. The van der Waals surface area contributed by atoms with Crippen molar-refractivity contribution in [3.63, 3.8) is 0 Å². The molecule has 0 spiro atoms. The number of nitrogens with one attached hydrogen (secondary N) is 1. The van der Waals surface area contributed by atoms with Crippen molar-refractivity contribution in [3.8, 4) is 0 Å². The first-order valence-corrected chi connectivity index (χ1v) is 6.69. The van der Waals surface area contributed by atoms with Gasteiger partial charge in [0.15, 0.2) is 0 Å². The predicted molar refractivity (Wildman–Crippen MR) is 70.3 cm³/mol. The van der Waals surface area contributed by atoms with E-state index < -0.39 is 0 Å². The highest BCUT2D eigenvalue weighted by Gasteiger charge is 2.08. The molecule has 1 unspecified atom stereocenters. The fraction of sp³-hybridized carbons (Fsp3) is 1.00. The second kappa shape index (κ2) is 8.15. The lowest BCUT2D eigenvalue weighted by Gasteiger charge is -2.17. The number of rotatable bonds is 8. The molecule has 0 aromatic rings. The van der Waals surface area contributed by atoms with Crippen molar-refractivity contribution in [1.29, 1.82) is 0 Å². The van der Waals surface area contributed by atoms with Crippen molar-refractivity contribution in [2.24, 2.45) is 5.41 Å². The third kappa shape index (κ3) is 11.9. The van der Waals surface area contributed by atoms with E-state index in [1.807, 2.05) is 0 Å². The van der Waals surface area contributed by atoms with E-state index in [1.165, 1.54) is 45.1 Å². The molecule has 0 aliphatic heterocycles. The maximum atomic E-state index is 3.58. The minimum absolute atomic E-state index is 0.517. The Labute approximate surface area is 97.0 Å².